The molecule has 1 aliphatic rings. The number of rotatable bonds is 7. The molecule has 0 bridgehead atoms. The van der Waals surface area contributed by atoms with Crippen LogP contribution in [0.3, 0.4) is 0 Å². The number of carbonyl (C=O) groups excluding carboxylic acids is 2. The van der Waals surface area contributed by atoms with Gasteiger partial charge in [-0.25, -0.2) is 5.06 Å². The lowest BCUT2D eigenvalue weighted by molar-refractivity contribution is -0.242. The van der Waals surface area contributed by atoms with Crippen molar-refractivity contribution in [1.29, 1.82) is 0 Å². The zero-order valence-electron chi connectivity index (χ0n) is 20.3. The highest BCUT2D eigenvalue weighted by Gasteiger charge is 2.51. The van der Waals surface area contributed by atoms with E-state index in [1.54, 1.807) is 34.6 Å². The number of aryl methyl sites for hydroxylation is 3. The molecule has 0 saturated heterocycles. The van der Waals surface area contributed by atoms with Gasteiger partial charge in [-0.3, -0.25) is 14.4 Å². The largest absolute Gasteiger partial charge is 0.427 e. The first-order valence-electron chi connectivity index (χ1n) is 10.3. The Labute approximate surface area is 185 Å². The second-order valence-electron chi connectivity index (χ2n) is 9.47. The van der Waals surface area contributed by atoms with Crippen molar-refractivity contribution in [2.75, 3.05) is 20.8 Å². The van der Waals surface area contributed by atoms with Crippen molar-refractivity contribution >= 4 is 17.4 Å². The van der Waals surface area contributed by atoms with Crippen LogP contribution in [0.15, 0.2) is 17.9 Å². The number of hydroxylamine groups is 2. The van der Waals surface area contributed by atoms with Crippen molar-refractivity contribution in [2.24, 2.45) is 5.41 Å². The zero-order chi connectivity index (χ0) is 23.7. The lowest BCUT2D eigenvalue weighted by Crippen LogP contribution is -2.46. The van der Waals surface area contributed by atoms with Gasteiger partial charge in [-0.15, -0.1) is 0 Å². The molecule has 0 spiro atoms. The molecule has 7 heteroatoms. The summed E-state index contributed by atoms with van der Waals surface area (Å²) in [6.07, 6.45) is -0.643. The summed E-state index contributed by atoms with van der Waals surface area (Å²) in [6, 6.07) is 4.02. The summed E-state index contributed by atoms with van der Waals surface area (Å²) in [4.78, 5) is 32.3. The van der Waals surface area contributed by atoms with E-state index in [-0.39, 0.29) is 18.3 Å². The monoisotopic (exact) mass is 433 g/mol. The highest BCUT2D eigenvalue weighted by Crippen LogP contribution is 2.43. The number of hydrogen-bond acceptors (Lipinski definition) is 6. The van der Waals surface area contributed by atoms with E-state index in [9.17, 15) is 9.59 Å². The number of carbonyl (C=O) groups is 2. The molecule has 0 atom stereocenters. The number of methoxy groups -OCH3 is 2. The van der Waals surface area contributed by atoms with Crippen molar-refractivity contribution in [3.63, 3.8) is 0 Å². The highest BCUT2D eigenvalue weighted by molar-refractivity contribution is 6.23. The molecule has 7 nitrogen and oxygen atoms in total. The molecule has 31 heavy (non-hydrogen) atoms. The number of amides is 1. The van der Waals surface area contributed by atoms with Crippen LogP contribution in [-0.4, -0.2) is 49.6 Å². The van der Waals surface area contributed by atoms with Crippen LogP contribution < -0.4 is 0 Å². The average molecular weight is 434 g/mol. The number of benzene rings is 1. The first-order valence-corrected chi connectivity index (χ1v) is 10.3. The molecule has 1 aromatic rings. The van der Waals surface area contributed by atoms with Gasteiger partial charge >= 0.3 is 5.97 Å². The molecular weight excluding hydrogens is 398 g/mol. The van der Waals surface area contributed by atoms with E-state index in [1.165, 1.54) is 19.3 Å². The van der Waals surface area contributed by atoms with Crippen molar-refractivity contribution in [3.05, 3.63) is 40.1 Å². The number of esters is 1. The summed E-state index contributed by atoms with van der Waals surface area (Å²) in [7, 11) is 2.99. The summed E-state index contributed by atoms with van der Waals surface area (Å²) in [6.45, 7) is 14.8. The molecule has 1 heterocycles. The molecule has 0 unspecified atom stereocenters. The summed E-state index contributed by atoms with van der Waals surface area (Å²) < 4.78 is 16.2. The Morgan fingerprint density at radius 3 is 2.03 bits per heavy atom. The van der Waals surface area contributed by atoms with Crippen LogP contribution in [0.4, 0.5) is 0 Å². The van der Waals surface area contributed by atoms with E-state index >= 15 is 0 Å². The van der Waals surface area contributed by atoms with E-state index in [1.807, 2.05) is 32.9 Å². The normalized spacial score (nSPS) is 16.5. The minimum absolute atomic E-state index is 0.00180. The third kappa shape index (κ3) is 5.00. The molecule has 0 aromatic heterocycles. The predicted molar refractivity (Wildman–Crippen MR) is 118 cm³/mol. The van der Waals surface area contributed by atoms with Crippen molar-refractivity contribution in [2.45, 2.75) is 67.2 Å². The van der Waals surface area contributed by atoms with Gasteiger partial charge in [0.2, 0.25) is 0 Å². The van der Waals surface area contributed by atoms with E-state index in [2.05, 4.69) is 0 Å². The molecular formula is C24H35NO6. The van der Waals surface area contributed by atoms with E-state index in [4.69, 9.17) is 19.0 Å². The van der Waals surface area contributed by atoms with Gasteiger partial charge in [-0.05, 0) is 72.1 Å². The SMILES string of the molecule is COC(CON1C(=O)C(c2c(C)cc(C)cc2C)=C(OC(=O)C(C)(C)C)C1(C)C)OC. The fourth-order valence-corrected chi connectivity index (χ4v) is 3.65. The lowest BCUT2D eigenvalue weighted by atomic mass is 9.91. The van der Waals surface area contributed by atoms with Gasteiger partial charge in [0.15, 0.2) is 6.29 Å². The molecule has 0 radical (unpaired) electrons. The van der Waals surface area contributed by atoms with Crippen LogP contribution in [0.2, 0.25) is 0 Å². The molecule has 0 aliphatic carbocycles. The van der Waals surface area contributed by atoms with Gasteiger partial charge in [-0.2, -0.15) is 0 Å². The number of nitrogens with zero attached hydrogens (tertiary/aromatic N) is 1. The Hall–Kier alpha value is -2.22. The Morgan fingerprint density at radius 2 is 1.58 bits per heavy atom. The highest BCUT2D eigenvalue weighted by atomic mass is 16.7. The van der Waals surface area contributed by atoms with E-state index < -0.39 is 23.2 Å². The Balaban J connectivity index is 2.63. The fraction of sp³-hybridized carbons (Fsp3) is 0.583. The third-order valence-electron chi connectivity index (χ3n) is 5.29. The maximum atomic E-state index is 13.6. The number of hydrogen-bond donors (Lipinski definition) is 0. The first-order chi connectivity index (χ1) is 14.2. The standard InChI is InChI=1S/C24H35NO6/c1-14-11-15(2)18(16(3)12-14)19-20(31-22(27)23(4,5)6)24(7,8)25(21(19)26)30-13-17(28-9)29-10/h11-12,17H,13H2,1-10H3. The summed E-state index contributed by atoms with van der Waals surface area (Å²) in [5, 5.41) is 1.25. The topological polar surface area (TPSA) is 74.3 Å². The molecule has 1 aliphatic heterocycles. The van der Waals surface area contributed by atoms with Crippen LogP contribution in [0.25, 0.3) is 5.57 Å². The first kappa shape index (κ1) is 25.0. The second-order valence-corrected chi connectivity index (χ2v) is 9.47. The Morgan fingerprint density at radius 1 is 1.06 bits per heavy atom. The fourth-order valence-electron chi connectivity index (χ4n) is 3.65. The summed E-state index contributed by atoms with van der Waals surface area (Å²) >= 11 is 0. The van der Waals surface area contributed by atoms with Gasteiger partial charge in [-0.1, -0.05) is 17.7 Å². The van der Waals surface area contributed by atoms with E-state index in [0.717, 1.165) is 22.3 Å². The Bertz CT molecular complexity index is 867. The molecule has 1 aromatic carbocycles. The molecule has 2 rings (SSSR count). The lowest BCUT2D eigenvalue weighted by Gasteiger charge is -2.33. The predicted octanol–water partition coefficient (Wildman–Crippen LogP) is 4.08. The average Bonchev–Trinajstić information content (AvgIpc) is 2.81. The molecule has 0 saturated carbocycles. The molecule has 1 amide bonds. The van der Waals surface area contributed by atoms with Crippen molar-refractivity contribution in [3.8, 4) is 0 Å². The van der Waals surface area contributed by atoms with Crippen LogP contribution in [0.1, 0.15) is 56.9 Å². The van der Waals surface area contributed by atoms with Crippen LogP contribution in [0, 0.1) is 26.2 Å². The number of ether oxygens (including phenoxy) is 3. The third-order valence-corrected chi connectivity index (χ3v) is 5.29. The van der Waals surface area contributed by atoms with Gasteiger partial charge in [0.25, 0.3) is 5.91 Å². The van der Waals surface area contributed by atoms with Gasteiger partial charge in [0, 0.05) is 14.2 Å². The summed E-state index contributed by atoms with van der Waals surface area (Å²) in [5.41, 5.74) is 2.27. The van der Waals surface area contributed by atoms with Crippen LogP contribution in [0.5, 0.6) is 0 Å². The zero-order valence-corrected chi connectivity index (χ0v) is 20.3. The van der Waals surface area contributed by atoms with Gasteiger partial charge in [0.05, 0.1) is 11.0 Å². The molecule has 0 fully saturated rings. The second kappa shape index (κ2) is 9.10. The van der Waals surface area contributed by atoms with Gasteiger partial charge < -0.3 is 14.2 Å². The quantitative estimate of drug-likeness (QED) is 0.476. The van der Waals surface area contributed by atoms with E-state index in [0.29, 0.717) is 5.57 Å². The van der Waals surface area contributed by atoms with Gasteiger partial charge in [0.1, 0.15) is 17.9 Å². The maximum absolute atomic E-state index is 13.6. The molecule has 172 valence electrons. The molecule has 0 N–H and O–H groups in total. The van der Waals surface area contributed by atoms with Crippen LogP contribution in [-0.2, 0) is 28.6 Å². The minimum Gasteiger partial charge on any atom is -0.427 e. The van der Waals surface area contributed by atoms with Crippen molar-refractivity contribution in [1.82, 2.24) is 5.06 Å². The maximum Gasteiger partial charge on any atom is 0.316 e. The summed E-state index contributed by atoms with van der Waals surface area (Å²) in [5.74, 6) is -0.515. The Kier molecular flexibility index (Phi) is 7.35. The minimum atomic E-state index is -1.02. The van der Waals surface area contributed by atoms with Crippen molar-refractivity contribution < 1.29 is 28.6 Å². The smallest absolute Gasteiger partial charge is 0.316 e. The van der Waals surface area contributed by atoms with Crippen LogP contribution >= 0.6 is 0 Å².